The first-order valence-corrected chi connectivity index (χ1v) is 7.07. The highest BCUT2D eigenvalue weighted by atomic mass is 16.3. The molecule has 1 fully saturated rings. The van der Waals surface area contributed by atoms with Gasteiger partial charge in [0.05, 0.1) is 17.1 Å². The Labute approximate surface area is 113 Å². The topological polar surface area (TPSA) is 50.1 Å². The van der Waals surface area contributed by atoms with Gasteiger partial charge in [-0.3, -0.25) is 0 Å². The van der Waals surface area contributed by atoms with Crippen molar-refractivity contribution in [3.63, 3.8) is 0 Å². The van der Waals surface area contributed by atoms with Crippen LogP contribution in [0.2, 0.25) is 0 Å². The van der Waals surface area contributed by atoms with Crippen molar-refractivity contribution in [2.45, 2.75) is 31.8 Å². The first kappa shape index (κ1) is 12.5. The number of aryl methyl sites for hydroxylation is 1. The lowest BCUT2D eigenvalue weighted by Crippen LogP contribution is -2.25. The molecule has 19 heavy (non-hydrogen) atoms. The molecule has 0 radical (unpaired) electrons. The average molecular weight is 259 g/mol. The van der Waals surface area contributed by atoms with Crippen LogP contribution in [0.1, 0.15) is 25.7 Å². The molecule has 3 rings (SSSR count). The predicted octanol–water partition coefficient (Wildman–Crippen LogP) is 2.54. The molecule has 1 aliphatic rings. The number of aromatic nitrogens is 2. The summed E-state index contributed by atoms with van der Waals surface area (Å²) in [6.07, 6.45) is 4.10. The smallest absolute Gasteiger partial charge is 0.203 e. The third kappa shape index (κ3) is 2.59. The van der Waals surface area contributed by atoms with Crippen LogP contribution in [0, 0.1) is 5.92 Å². The number of hydrogen-bond donors (Lipinski definition) is 2. The van der Waals surface area contributed by atoms with Gasteiger partial charge in [0.2, 0.25) is 5.95 Å². The first-order valence-electron chi connectivity index (χ1n) is 7.07. The molecule has 2 aromatic rings. The van der Waals surface area contributed by atoms with Gasteiger partial charge in [0.15, 0.2) is 0 Å². The lowest BCUT2D eigenvalue weighted by atomic mass is 9.87. The van der Waals surface area contributed by atoms with Crippen LogP contribution in [0.4, 0.5) is 5.95 Å². The molecule has 1 saturated carbocycles. The lowest BCUT2D eigenvalue weighted by Gasteiger charge is -2.26. The van der Waals surface area contributed by atoms with Gasteiger partial charge in [-0.25, -0.2) is 4.98 Å². The molecule has 1 aliphatic carbocycles. The molecular formula is C15H21N3O. The van der Waals surface area contributed by atoms with E-state index in [0.29, 0.717) is 5.92 Å². The minimum atomic E-state index is -0.110. The van der Waals surface area contributed by atoms with Crippen LogP contribution in [-0.2, 0) is 7.05 Å². The van der Waals surface area contributed by atoms with E-state index in [-0.39, 0.29) is 6.10 Å². The second kappa shape index (κ2) is 5.21. The molecule has 4 nitrogen and oxygen atoms in total. The molecule has 102 valence electrons. The number of aliphatic hydroxyl groups is 1. The molecule has 1 aromatic heterocycles. The van der Waals surface area contributed by atoms with Crippen molar-refractivity contribution < 1.29 is 5.11 Å². The number of nitrogens with zero attached hydrogens (tertiary/aromatic N) is 2. The number of aliphatic hydroxyl groups excluding tert-OH is 1. The summed E-state index contributed by atoms with van der Waals surface area (Å²) >= 11 is 0. The van der Waals surface area contributed by atoms with Crippen LogP contribution in [0.5, 0.6) is 0 Å². The molecular weight excluding hydrogens is 238 g/mol. The van der Waals surface area contributed by atoms with Crippen molar-refractivity contribution in [1.82, 2.24) is 9.55 Å². The van der Waals surface area contributed by atoms with Gasteiger partial charge >= 0.3 is 0 Å². The molecule has 0 aliphatic heterocycles. The second-order valence-electron chi connectivity index (χ2n) is 5.55. The Hall–Kier alpha value is -1.55. The van der Waals surface area contributed by atoms with E-state index in [1.165, 1.54) is 6.42 Å². The predicted molar refractivity (Wildman–Crippen MR) is 77.2 cm³/mol. The van der Waals surface area contributed by atoms with Gasteiger partial charge < -0.3 is 15.0 Å². The second-order valence-corrected chi connectivity index (χ2v) is 5.55. The summed E-state index contributed by atoms with van der Waals surface area (Å²) in [5.41, 5.74) is 2.17. The fourth-order valence-corrected chi connectivity index (χ4v) is 2.99. The van der Waals surface area contributed by atoms with Crippen molar-refractivity contribution >= 4 is 17.0 Å². The molecule has 0 bridgehead atoms. The van der Waals surface area contributed by atoms with E-state index in [0.717, 1.165) is 42.8 Å². The highest BCUT2D eigenvalue weighted by Gasteiger charge is 2.20. The summed E-state index contributed by atoms with van der Waals surface area (Å²) in [4.78, 5) is 4.61. The van der Waals surface area contributed by atoms with Crippen LogP contribution in [0.25, 0.3) is 11.0 Å². The molecule has 2 unspecified atom stereocenters. The largest absolute Gasteiger partial charge is 0.393 e. The third-order valence-electron chi connectivity index (χ3n) is 4.09. The Morgan fingerprint density at radius 1 is 1.37 bits per heavy atom. The Morgan fingerprint density at radius 2 is 2.21 bits per heavy atom. The van der Waals surface area contributed by atoms with Crippen molar-refractivity contribution in [2.75, 3.05) is 11.9 Å². The Morgan fingerprint density at radius 3 is 3.00 bits per heavy atom. The number of fused-ring (bicyclic) bond motifs is 1. The molecule has 0 spiro atoms. The van der Waals surface area contributed by atoms with Gasteiger partial charge in [0, 0.05) is 13.6 Å². The standard InChI is InChI=1S/C15H21N3O/c1-18-14-8-3-2-7-13(14)17-15(18)16-10-11-5-4-6-12(19)9-11/h2-3,7-8,11-12,19H,4-6,9-10H2,1H3,(H,16,17). The summed E-state index contributed by atoms with van der Waals surface area (Å²) in [6.45, 7) is 0.897. The molecule has 1 heterocycles. The van der Waals surface area contributed by atoms with E-state index in [4.69, 9.17) is 0 Å². The minimum absolute atomic E-state index is 0.110. The monoisotopic (exact) mass is 259 g/mol. The van der Waals surface area contributed by atoms with E-state index in [1.807, 2.05) is 25.2 Å². The van der Waals surface area contributed by atoms with Gasteiger partial charge in [0.25, 0.3) is 0 Å². The number of anilines is 1. The van der Waals surface area contributed by atoms with Crippen molar-refractivity contribution in [1.29, 1.82) is 0 Å². The van der Waals surface area contributed by atoms with Gasteiger partial charge in [0.1, 0.15) is 0 Å². The summed E-state index contributed by atoms with van der Waals surface area (Å²) in [7, 11) is 2.04. The summed E-state index contributed by atoms with van der Waals surface area (Å²) < 4.78 is 2.09. The number of imidazole rings is 1. The first-order chi connectivity index (χ1) is 9.24. The van der Waals surface area contributed by atoms with E-state index in [1.54, 1.807) is 0 Å². The van der Waals surface area contributed by atoms with E-state index in [9.17, 15) is 5.11 Å². The number of hydrogen-bond acceptors (Lipinski definition) is 3. The highest BCUT2D eigenvalue weighted by Crippen LogP contribution is 2.25. The van der Waals surface area contributed by atoms with Crippen LogP contribution in [-0.4, -0.2) is 27.3 Å². The zero-order valence-corrected chi connectivity index (χ0v) is 11.3. The SMILES string of the molecule is Cn1c(NCC2CCCC(O)C2)nc2ccccc21. The molecule has 0 saturated heterocycles. The molecule has 2 atom stereocenters. The van der Waals surface area contributed by atoms with Crippen molar-refractivity contribution in [2.24, 2.45) is 13.0 Å². The maximum Gasteiger partial charge on any atom is 0.203 e. The quantitative estimate of drug-likeness (QED) is 0.890. The molecule has 0 amide bonds. The van der Waals surface area contributed by atoms with E-state index >= 15 is 0 Å². The van der Waals surface area contributed by atoms with Crippen LogP contribution in [0.15, 0.2) is 24.3 Å². The number of benzene rings is 1. The zero-order chi connectivity index (χ0) is 13.2. The zero-order valence-electron chi connectivity index (χ0n) is 11.3. The fourth-order valence-electron chi connectivity index (χ4n) is 2.99. The lowest BCUT2D eigenvalue weighted by molar-refractivity contribution is 0.104. The van der Waals surface area contributed by atoms with Gasteiger partial charge in [-0.2, -0.15) is 0 Å². The molecule has 1 aromatic carbocycles. The maximum absolute atomic E-state index is 9.70. The van der Waals surface area contributed by atoms with E-state index in [2.05, 4.69) is 20.9 Å². The highest BCUT2D eigenvalue weighted by molar-refractivity contribution is 5.78. The summed E-state index contributed by atoms with van der Waals surface area (Å²) in [5.74, 6) is 1.48. The van der Waals surface area contributed by atoms with Crippen molar-refractivity contribution in [3.8, 4) is 0 Å². The number of para-hydroxylation sites is 2. The number of rotatable bonds is 3. The van der Waals surface area contributed by atoms with Gasteiger partial charge in [-0.05, 0) is 37.3 Å². The third-order valence-corrected chi connectivity index (χ3v) is 4.09. The van der Waals surface area contributed by atoms with Crippen molar-refractivity contribution in [3.05, 3.63) is 24.3 Å². The molecule has 4 heteroatoms. The van der Waals surface area contributed by atoms with Crippen LogP contribution < -0.4 is 5.32 Å². The summed E-state index contributed by atoms with van der Waals surface area (Å²) in [6, 6.07) is 8.16. The Bertz CT molecular complexity index is 564. The normalized spacial score (nSPS) is 23.7. The van der Waals surface area contributed by atoms with Gasteiger partial charge in [-0.1, -0.05) is 18.6 Å². The average Bonchev–Trinajstić information content (AvgIpc) is 2.74. The molecule has 2 N–H and O–H groups in total. The van der Waals surface area contributed by atoms with E-state index < -0.39 is 0 Å². The minimum Gasteiger partial charge on any atom is -0.393 e. The Kier molecular flexibility index (Phi) is 3.42. The maximum atomic E-state index is 9.70. The van der Waals surface area contributed by atoms with Crippen LogP contribution >= 0.6 is 0 Å². The van der Waals surface area contributed by atoms with Gasteiger partial charge in [-0.15, -0.1) is 0 Å². The summed E-state index contributed by atoms with van der Waals surface area (Å²) in [5, 5.41) is 13.1. The fraction of sp³-hybridized carbons (Fsp3) is 0.533. The number of nitrogens with one attached hydrogen (secondary N) is 1. The Balaban J connectivity index is 1.69. The van der Waals surface area contributed by atoms with Crippen LogP contribution in [0.3, 0.4) is 0 Å².